The summed E-state index contributed by atoms with van der Waals surface area (Å²) >= 11 is 0. The molecule has 1 aliphatic rings. The molecule has 132 valence electrons. The maximum atomic E-state index is 12.6. The Morgan fingerprint density at radius 2 is 1.52 bits per heavy atom. The van der Waals surface area contributed by atoms with E-state index in [2.05, 4.69) is 5.32 Å². The first kappa shape index (κ1) is 17.2. The number of benzene rings is 2. The Labute approximate surface area is 147 Å². The van der Waals surface area contributed by atoms with Crippen LogP contribution in [0.15, 0.2) is 59.5 Å². The summed E-state index contributed by atoms with van der Waals surface area (Å²) < 4.78 is 26.6. The van der Waals surface area contributed by atoms with Gasteiger partial charge < -0.3 is 16.0 Å². The zero-order valence-electron chi connectivity index (χ0n) is 13.6. The number of carbonyl (C=O) groups is 1. The Morgan fingerprint density at radius 3 is 2.12 bits per heavy atom. The highest BCUT2D eigenvalue weighted by Crippen LogP contribution is 2.18. The van der Waals surface area contributed by atoms with Gasteiger partial charge in [-0.1, -0.05) is 18.2 Å². The molecule has 1 saturated heterocycles. The molecular weight excluding hydrogens is 340 g/mol. The number of piperazine rings is 1. The van der Waals surface area contributed by atoms with Crippen molar-refractivity contribution in [2.24, 2.45) is 0 Å². The number of urea groups is 1. The quantitative estimate of drug-likeness (QED) is 0.816. The van der Waals surface area contributed by atoms with Crippen LogP contribution < -0.4 is 11.1 Å². The maximum absolute atomic E-state index is 12.6. The molecule has 0 aromatic heterocycles. The van der Waals surface area contributed by atoms with Gasteiger partial charge in [0, 0.05) is 37.6 Å². The highest BCUT2D eigenvalue weighted by atomic mass is 32.2. The third-order valence-electron chi connectivity index (χ3n) is 4.07. The van der Waals surface area contributed by atoms with Crippen molar-refractivity contribution in [3.8, 4) is 0 Å². The second kappa shape index (κ2) is 7.12. The Balaban J connectivity index is 1.60. The number of amides is 2. The Bertz CT molecular complexity index is 830. The monoisotopic (exact) mass is 360 g/mol. The van der Waals surface area contributed by atoms with Crippen molar-refractivity contribution in [2.45, 2.75) is 4.90 Å². The molecule has 0 aliphatic carbocycles. The lowest BCUT2D eigenvalue weighted by molar-refractivity contribution is 0.184. The summed E-state index contributed by atoms with van der Waals surface area (Å²) in [6.07, 6.45) is 0. The minimum absolute atomic E-state index is 0.249. The number of hydrogen-bond donors (Lipinski definition) is 2. The molecule has 7 nitrogen and oxygen atoms in total. The summed E-state index contributed by atoms with van der Waals surface area (Å²) in [5.41, 5.74) is 6.89. The van der Waals surface area contributed by atoms with Crippen LogP contribution in [0.3, 0.4) is 0 Å². The maximum Gasteiger partial charge on any atom is 0.321 e. The molecule has 2 amide bonds. The van der Waals surface area contributed by atoms with E-state index < -0.39 is 10.0 Å². The van der Waals surface area contributed by atoms with Crippen molar-refractivity contribution in [2.75, 3.05) is 37.2 Å². The summed E-state index contributed by atoms with van der Waals surface area (Å²) in [5, 5.41) is 2.79. The van der Waals surface area contributed by atoms with Gasteiger partial charge in [-0.15, -0.1) is 0 Å². The van der Waals surface area contributed by atoms with Gasteiger partial charge >= 0.3 is 6.03 Å². The zero-order valence-corrected chi connectivity index (χ0v) is 14.4. The lowest BCUT2D eigenvalue weighted by Gasteiger charge is -2.34. The predicted octanol–water partition coefficient (Wildman–Crippen LogP) is 1.81. The Kier molecular flexibility index (Phi) is 4.91. The molecule has 0 saturated carbocycles. The van der Waals surface area contributed by atoms with E-state index >= 15 is 0 Å². The van der Waals surface area contributed by atoms with Crippen LogP contribution in [0, 0.1) is 0 Å². The second-order valence-electron chi connectivity index (χ2n) is 5.76. The molecule has 2 aromatic rings. The second-order valence-corrected chi connectivity index (χ2v) is 7.69. The molecule has 2 aromatic carbocycles. The molecule has 0 atom stereocenters. The fourth-order valence-corrected chi connectivity index (χ4v) is 4.09. The van der Waals surface area contributed by atoms with Crippen molar-refractivity contribution >= 4 is 27.4 Å². The highest BCUT2D eigenvalue weighted by molar-refractivity contribution is 7.89. The van der Waals surface area contributed by atoms with Crippen LogP contribution in [0.2, 0.25) is 0 Å². The minimum atomic E-state index is -3.51. The first-order chi connectivity index (χ1) is 12.0. The van der Waals surface area contributed by atoms with Gasteiger partial charge in [0.2, 0.25) is 10.0 Å². The van der Waals surface area contributed by atoms with Crippen molar-refractivity contribution in [3.63, 3.8) is 0 Å². The van der Waals surface area contributed by atoms with Crippen molar-refractivity contribution in [1.82, 2.24) is 9.21 Å². The molecule has 25 heavy (non-hydrogen) atoms. The SMILES string of the molecule is Nc1ccc(NC(=O)N2CCN(S(=O)(=O)c3ccccc3)CC2)cc1. The van der Waals surface area contributed by atoms with Crippen molar-refractivity contribution < 1.29 is 13.2 Å². The fourth-order valence-electron chi connectivity index (χ4n) is 2.64. The molecule has 1 heterocycles. The summed E-state index contributed by atoms with van der Waals surface area (Å²) in [4.78, 5) is 14.2. The normalized spacial score (nSPS) is 15.8. The number of rotatable bonds is 3. The van der Waals surface area contributed by atoms with E-state index in [4.69, 9.17) is 5.73 Å². The van der Waals surface area contributed by atoms with Crippen LogP contribution in [0.25, 0.3) is 0 Å². The molecule has 1 fully saturated rings. The smallest absolute Gasteiger partial charge is 0.321 e. The molecule has 0 unspecified atom stereocenters. The Morgan fingerprint density at radius 1 is 0.920 bits per heavy atom. The number of sulfonamides is 1. The van der Waals surface area contributed by atoms with E-state index in [1.54, 1.807) is 59.5 Å². The van der Waals surface area contributed by atoms with Gasteiger partial charge in [-0.25, -0.2) is 13.2 Å². The first-order valence-electron chi connectivity index (χ1n) is 7.93. The summed E-state index contributed by atoms with van der Waals surface area (Å²) in [7, 11) is -3.51. The van der Waals surface area contributed by atoms with Gasteiger partial charge in [-0.3, -0.25) is 0 Å². The highest BCUT2D eigenvalue weighted by Gasteiger charge is 2.29. The lowest BCUT2D eigenvalue weighted by Crippen LogP contribution is -2.51. The molecule has 1 aliphatic heterocycles. The van der Waals surface area contributed by atoms with Crippen LogP contribution in [-0.2, 0) is 10.0 Å². The largest absolute Gasteiger partial charge is 0.399 e. The van der Waals surface area contributed by atoms with E-state index in [0.29, 0.717) is 24.5 Å². The Hall–Kier alpha value is -2.58. The number of hydrogen-bond acceptors (Lipinski definition) is 4. The molecule has 0 bridgehead atoms. The van der Waals surface area contributed by atoms with E-state index in [1.807, 2.05) is 0 Å². The number of carbonyl (C=O) groups excluding carboxylic acids is 1. The number of nitrogen functional groups attached to an aromatic ring is 1. The number of nitrogens with zero attached hydrogens (tertiary/aromatic N) is 2. The van der Waals surface area contributed by atoms with Gasteiger partial charge in [-0.2, -0.15) is 4.31 Å². The zero-order chi connectivity index (χ0) is 17.9. The van der Waals surface area contributed by atoms with Crippen LogP contribution in [0.5, 0.6) is 0 Å². The minimum Gasteiger partial charge on any atom is -0.399 e. The number of nitrogens with two attached hydrogens (primary N) is 1. The van der Waals surface area contributed by atoms with Crippen LogP contribution in [-0.4, -0.2) is 49.8 Å². The fraction of sp³-hybridized carbons (Fsp3) is 0.235. The molecule has 0 spiro atoms. The van der Waals surface area contributed by atoms with E-state index in [-0.39, 0.29) is 24.0 Å². The molecule has 3 N–H and O–H groups in total. The number of anilines is 2. The number of nitrogens with one attached hydrogen (secondary N) is 1. The van der Waals surface area contributed by atoms with Crippen LogP contribution in [0.4, 0.5) is 16.2 Å². The molecular formula is C17H20N4O3S. The summed E-state index contributed by atoms with van der Waals surface area (Å²) in [5.74, 6) is 0. The van der Waals surface area contributed by atoms with Crippen LogP contribution in [0.1, 0.15) is 0 Å². The predicted molar refractivity (Wildman–Crippen MR) is 96.6 cm³/mol. The third kappa shape index (κ3) is 3.92. The average molecular weight is 360 g/mol. The standard InChI is InChI=1S/C17H20N4O3S/c18-14-6-8-15(9-7-14)19-17(22)20-10-12-21(13-11-20)25(23,24)16-4-2-1-3-5-16/h1-9H,10-13,18H2,(H,19,22). The summed E-state index contributed by atoms with van der Waals surface area (Å²) in [6, 6.07) is 14.9. The third-order valence-corrected chi connectivity index (χ3v) is 5.98. The topological polar surface area (TPSA) is 95.7 Å². The van der Waals surface area contributed by atoms with Crippen LogP contribution >= 0.6 is 0 Å². The van der Waals surface area contributed by atoms with E-state index in [0.717, 1.165) is 0 Å². The average Bonchev–Trinajstić information content (AvgIpc) is 2.64. The summed E-state index contributed by atoms with van der Waals surface area (Å²) in [6.45, 7) is 1.22. The van der Waals surface area contributed by atoms with Gasteiger partial charge in [0.1, 0.15) is 0 Å². The lowest BCUT2D eigenvalue weighted by atomic mass is 10.3. The molecule has 0 radical (unpaired) electrons. The van der Waals surface area contributed by atoms with E-state index in [1.165, 1.54) is 4.31 Å². The van der Waals surface area contributed by atoms with Gasteiger partial charge in [0.15, 0.2) is 0 Å². The molecule has 3 rings (SSSR count). The first-order valence-corrected chi connectivity index (χ1v) is 9.37. The van der Waals surface area contributed by atoms with Crippen molar-refractivity contribution in [3.05, 3.63) is 54.6 Å². The molecule has 8 heteroatoms. The van der Waals surface area contributed by atoms with Gasteiger partial charge in [-0.05, 0) is 36.4 Å². The van der Waals surface area contributed by atoms with Gasteiger partial charge in [0.05, 0.1) is 4.90 Å². The van der Waals surface area contributed by atoms with Gasteiger partial charge in [0.25, 0.3) is 0 Å². The van der Waals surface area contributed by atoms with E-state index in [9.17, 15) is 13.2 Å². The van der Waals surface area contributed by atoms with Crippen molar-refractivity contribution in [1.29, 1.82) is 0 Å².